The van der Waals surface area contributed by atoms with Crippen LogP contribution in [0.15, 0.2) is 12.7 Å². The third-order valence-electron chi connectivity index (χ3n) is 6.28. The van der Waals surface area contributed by atoms with E-state index in [1.807, 2.05) is 4.68 Å². The number of nitrogens with two attached hydrogens (primary N) is 1. The van der Waals surface area contributed by atoms with Gasteiger partial charge in [-0.1, -0.05) is 6.42 Å². The number of aromatic nitrogens is 3. The average molecular weight is 354 g/mol. The van der Waals surface area contributed by atoms with E-state index in [1.165, 1.54) is 19.3 Å². The quantitative estimate of drug-likeness (QED) is 0.882. The summed E-state index contributed by atoms with van der Waals surface area (Å²) in [6, 6.07) is 0.609. The van der Waals surface area contributed by atoms with Gasteiger partial charge in [0, 0.05) is 25.0 Å². The molecule has 0 aromatic carbocycles. The van der Waals surface area contributed by atoms with E-state index in [4.69, 9.17) is 5.73 Å². The molecule has 1 aromatic heterocycles. The number of hydrogen-bond acceptors (Lipinski definition) is 4. The summed E-state index contributed by atoms with van der Waals surface area (Å²) in [4.78, 5) is 19.2. The van der Waals surface area contributed by atoms with E-state index >= 15 is 0 Å². The third-order valence-corrected chi connectivity index (χ3v) is 6.28. The summed E-state index contributed by atoms with van der Waals surface area (Å²) in [5.41, 5.74) is 6.37. The number of fused-ring (bicyclic) bond motifs is 2. The van der Waals surface area contributed by atoms with Gasteiger partial charge in [0.05, 0.1) is 6.04 Å². The number of hydrogen-bond donors (Lipinski definition) is 1. The Morgan fingerprint density at radius 3 is 2.54 bits per heavy atom. The molecule has 2 saturated carbocycles. The Kier molecular flexibility index (Phi) is 5.45. The van der Waals surface area contributed by atoms with Crippen molar-refractivity contribution < 1.29 is 4.79 Å². The Morgan fingerprint density at radius 1 is 1.12 bits per heavy atom. The lowest BCUT2D eigenvalue weighted by molar-refractivity contribution is -0.140. The molecule has 3 fully saturated rings. The van der Waals surface area contributed by atoms with Crippen molar-refractivity contribution in [3.63, 3.8) is 0 Å². The molecule has 2 bridgehead atoms. The van der Waals surface area contributed by atoms with E-state index in [9.17, 15) is 4.79 Å². The first-order chi connectivity index (χ1) is 11.2. The first kappa shape index (κ1) is 17.7. The van der Waals surface area contributed by atoms with Crippen LogP contribution >= 0.6 is 12.4 Å². The van der Waals surface area contributed by atoms with E-state index in [0.29, 0.717) is 23.8 Å². The maximum atomic E-state index is 13.0. The molecule has 134 valence electrons. The van der Waals surface area contributed by atoms with Crippen LogP contribution in [0.1, 0.15) is 51.0 Å². The molecular formula is C17H28ClN5O. The van der Waals surface area contributed by atoms with Gasteiger partial charge in [-0.3, -0.25) is 4.79 Å². The Hall–Kier alpha value is -1.14. The number of nitrogens with zero attached hydrogens (tertiary/aromatic N) is 4. The normalized spacial score (nSPS) is 36.0. The van der Waals surface area contributed by atoms with Gasteiger partial charge in [-0.05, 0) is 50.4 Å². The molecule has 1 amide bonds. The molecule has 6 nitrogen and oxygen atoms in total. The molecule has 0 spiro atoms. The molecule has 24 heavy (non-hydrogen) atoms. The van der Waals surface area contributed by atoms with Gasteiger partial charge in [-0.25, -0.2) is 9.67 Å². The molecular weight excluding hydrogens is 326 g/mol. The molecule has 4 rings (SSSR count). The molecule has 3 unspecified atom stereocenters. The monoisotopic (exact) mass is 353 g/mol. The molecule has 3 aliphatic rings. The number of halogens is 1. The first-order valence-electron chi connectivity index (χ1n) is 9.11. The zero-order chi connectivity index (χ0) is 15.8. The van der Waals surface area contributed by atoms with Crippen LogP contribution in [0, 0.1) is 17.8 Å². The first-order valence-corrected chi connectivity index (χ1v) is 9.11. The summed E-state index contributed by atoms with van der Waals surface area (Å²) < 4.78 is 1.91. The van der Waals surface area contributed by atoms with Gasteiger partial charge in [0.15, 0.2) is 0 Å². The number of piperidine rings is 1. The molecule has 3 atom stereocenters. The molecule has 1 aromatic rings. The summed E-state index contributed by atoms with van der Waals surface area (Å²) in [7, 11) is 0. The summed E-state index contributed by atoms with van der Waals surface area (Å²) in [6.45, 7) is 1.67. The van der Waals surface area contributed by atoms with Gasteiger partial charge in [-0.15, -0.1) is 12.4 Å². The van der Waals surface area contributed by atoms with E-state index in [2.05, 4.69) is 15.0 Å². The van der Waals surface area contributed by atoms with Crippen LogP contribution in [0.25, 0.3) is 0 Å². The van der Waals surface area contributed by atoms with Gasteiger partial charge in [0.1, 0.15) is 12.7 Å². The molecule has 2 N–H and O–H groups in total. The predicted molar refractivity (Wildman–Crippen MR) is 93.7 cm³/mol. The lowest BCUT2D eigenvalue weighted by Gasteiger charge is -2.45. The fourth-order valence-electron chi connectivity index (χ4n) is 5.03. The van der Waals surface area contributed by atoms with Gasteiger partial charge in [0.2, 0.25) is 5.91 Å². The highest BCUT2D eigenvalue weighted by Gasteiger charge is 2.42. The van der Waals surface area contributed by atoms with Crippen molar-refractivity contribution in [2.45, 2.75) is 57.0 Å². The molecule has 1 saturated heterocycles. The largest absolute Gasteiger partial charge is 0.340 e. The predicted octanol–water partition coefficient (Wildman–Crippen LogP) is 2.02. The standard InChI is InChI=1S/C17H27N5O.ClH/c18-16-12-3-1-4-13(16)8-14(7-12)17(23)21-6-2-5-15(9-21)22-11-19-10-20-22;/h10-16H,1-9,18H2;1H. The fourth-order valence-corrected chi connectivity index (χ4v) is 5.03. The summed E-state index contributed by atoms with van der Waals surface area (Å²) >= 11 is 0. The highest BCUT2D eigenvalue weighted by atomic mass is 35.5. The maximum absolute atomic E-state index is 13.0. The van der Waals surface area contributed by atoms with Crippen molar-refractivity contribution in [2.24, 2.45) is 23.5 Å². The average Bonchev–Trinajstić information content (AvgIpc) is 3.08. The van der Waals surface area contributed by atoms with Gasteiger partial charge >= 0.3 is 0 Å². The third kappa shape index (κ3) is 3.31. The molecule has 7 heteroatoms. The maximum Gasteiger partial charge on any atom is 0.225 e. The van der Waals surface area contributed by atoms with Crippen molar-refractivity contribution in [2.75, 3.05) is 13.1 Å². The zero-order valence-corrected chi connectivity index (χ0v) is 14.9. The van der Waals surface area contributed by atoms with E-state index < -0.39 is 0 Å². The highest BCUT2D eigenvalue weighted by Crippen LogP contribution is 2.42. The Labute approximate surface area is 149 Å². The Bertz CT molecular complexity index is 537. The molecule has 2 heterocycles. The van der Waals surface area contributed by atoms with Crippen molar-refractivity contribution in [1.82, 2.24) is 19.7 Å². The van der Waals surface area contributed by atoms with Crippen LogP contribution in [0.4, 0.5) is 0 Å². The zero-order valence-electron chi connectivity index (χ0n) is 14.1. The molecule has 2 aliphatic carbocycles. The molecule has 1 aliphatic heterocycles. The minimum absolute atomic E-state index is 0. The van der Waals surface area contributed by atoms with Crippen molar-refractivity contribution in [1.29, 1.82) is 0 Å². The van der Waals surface area contributed by atoms with E-state index in [-0.39, 0.29) is 24.4 Å². The number of rotatable bonds is 2. The second-order valence-corrected chi connectivity index (χ2v) is 7.65. The van der Waals surface area contributed by atoms with Crippen LogP contribution < -0.4 is 5.73 Å². The van der Waals surface area contributed by atoms with Gasteiger partial charge in [0.25, 0.3) is 0 Å². The fraction of sp³-hybridized carbons (Fsp3) is 0.824. The van der Waals surface area contributed by atoms with Crippen LogP contribution in [0.2, 0.25) is 0 Å². The van der Waals surface area contributed by atoms with E-state index in [1.54, 1.807) is 12.7 Å². The Morgan fingerprint density at radius 2 is 1.88 bits per heavy atom. The minimum Gasteiger partial charge on any atom is -0.340 e. The number of carbonyl (C=O) groups is 1. The summed E-state index contributed by atoms with van der Waals surface area (Å²) in [5.74, 6) is 1.68. The number of carbonyl (C=O) groups excluding carboxylic acids is 1. The second-order valence-electron chi connectivity index (χ2n) is 7.65. The smallest absolute Gasteiger partial charge is 0.225 e. The highest BCUT2D eigenvalue weighted by molar-refractivity contribution is 5.85. The van der Waals surface area contributed by atoms with E-state index in [0.717, 1.165) is 38.8 Å². The second kappa shape index (κ2) is 7.40. The summed E-state index contributed by atoms with van der Waals surface area (Å²) in [5, 5.41) is 4.25. The van der Waals surface area contributed by atoms with Crippen LogP contribution in [-0.4, -0.2) is 44.7 Å². The summed E-state index contributed by atoms with van der Waals surface area (Å²) in [6.07, 6.45) is 11.2. The minimum atomic E-state index is 0. The van der Waals surface area contributed by atoms with Crippen LogP contribution in [0.3, 0.4) is 0 Å². The molecule has 0 radical (unpaired) electrons. The van der Waals surface area contributed by atoms with Crippen molar-refractivity contribution >= 4 is 18.3 Å². The SMILES string of the molecule is Cl.NC1C2CCCC1CC(C(=O)N1CCCC(n3cncn3)C1)C2. The Balaban J connectivity index is 0.00000169. The van der Waals surface area contributed by atoms with Crippen molar-refractivity contribution in [3.05, 3.63) is 12.7 Å². The topological polar surface area (TPSA) is 77.0 Å². The van der Waals surface area contributed by atoms with Crippen LogP contribution in [-0.2, 0) is 4.79 Å². The van der Waals surface area contributed by atoms with Gasteiger partial charge in [-0.2, -0.15) is 5.10 Å². The lowest BCUT2D eigenvalue weighted by atomic mass is 9.65. The van der Waals surface area contributed by atoms with Crippen LogP contribution in [0.5, 0.6) is 0 Å². The van der Waals surface area contributed by atoms with Crippen molar-refractivity contribution in [3.8, 4) is 0 Å². The van der Waals surface area contributed by atoms with Gasteiger partial charge < -0.3 is 10.6 Å². The number of amides is 1. The lowest BCUT2D eigenvalue weighted by Crippen LogP contribution is -2.51. The number of likely N-dealkylation sites (tertiary alicyclic amines) is 1.